The zero-order chi connectivity index (χ0) is 10.7. The monoisotopic (exact) mass is 194 g/mol. The Morgan fingerprint density at radius 2 is 2.00 bits per heavy atom. The molecule has 14 heavy (non-hydrogen) atoms. The minimum atomic E-state index is 0.392. The Hall–Kier alpha value is -1.02. The normalized spacial score (nSPS) is 10.6. The van der Waals surface area contributed by atoms with E-state index < -0.39 is 0 Å². The maximum atomic E-state index is 9.94. The highest BCUT2D eigenvalue weighted by molar-refractivity contribution is 5.48. The van der Waals surface area contributed by atoms with Gasteiger partial charge in [-0.1, -0.05) is 13.0 Å². The average molecular weight is 194 g/mol. The molecule has 0 saturated carbocycles. The lowest BCUT2D eigenvalue weighted by molar-refractivity contribution is 0.181. The number of benzene rings is 1. The van der Waals surface area contributed by atoms with Gasteiger partial charge in [0.25, 0.3) is 0 Å². The number of phenolic OH excluding ortho intramolecular Hbond substituents is 1. The van der Waals surface area contributed by atoms with Crippen molar-refractivity contribution in [1.82, 2.24) is 0 Å². The van der Waals surface area contributed by atoms with Crippen LogP contribution in [0.5, 0.6) is 5.75 Å². The molecule has 0 unspecified atom stereocenters. The largest absolute Gasteiger partial charge is 0.507 e. The van der Waals surface area contributed by atoms with Crippen LogP contribution in [0.15, 0.2) is 6.07 Å². The third-order valence-electron chi connectivity index (χ3n) is 2.68. The summed E-state index contributed by atoms with van der Waals surface area (Å²) in [5, 5.41) is 9.94. The second kappa shape index (κ2) is 4.47. The Bertz CT molecular complexity index is 330. The highest BCUT2D eigenvalue weighted by Crippen LogP contribution is 2.29. The number of aromatic hydroxyl groups is 1. The van der Waals surface area contributed by atoms with Gasteiger partial charge in [-0.3, -0.25) is 0 Å². The van der Waals surface area contributed by atoms with Crippen molar-refractivity contribution in [3.05, 3.63) is 28.3 Å². The second-order valence-corrected chi connectivity index (χ2v) is 3.59. The fourth-order valence-corrected chi connectivity index (χ4v) is 1.64. The zero-order valence-corrected chi connectivity index (χ0v) is 9.35. The second-order valence-electron chi connectivity index (χ2n) is 3.59. The van der Waals surface area contributed by atoms with Crippen molar-refractivity contribution in [2.75, 3.05) is 7.11 Å². The fraction of sp³-hybridized carbons (Fsp3) is 0.500. The first-order chi connectivity index (χ1) is 6.61. The molecule has 0 aromatic heterocycles. The molecule has 0 heterocycles. The van der Waals surface area contributed by atoms with Crippen molar-refractivity contribution in [3.8, 4) is 5.75 Å². The number of hydrogen-bond acceptors (Lipinski definition) is 2. The smallest absolute Gasteiger partial charge is 0.124 e. The lowest BCUT2D eigenvalue weighted by Gasteiger charge is -2.14. The maximum absolute atomic E-state index is 9.94. The number of phenols is 1. The fourth-order valence-electron chi connectivity index (χ4n) is 1.64. The molecule has 0 aliphatic carbocycles. The molecule has 0 aliphatic rings. The van der Waals surface area contributed by atoms with E-state index in [2.05, 4.69) is 13.0 Å². The van der Waals surface area contributed by atoms with Gasteiger partial charge in [0, 0.05) is 12.7 Å². The van der Waals surface area contributed by atoms with Gasteiger partial charge in [0.1, 0.15) is 5.75 Å². The van der Waals surface area contributed by atoms with Gasteiger partial charge in [-0.2, -0.15) is 0 Å². The van der Waals surface area contributed by atoms with Gasteiger partial charge in [-0.15, -0.1) is 0 Å². The van der Waals surface area contributed by atoms with E-state index in [1.165, 1.54) is 5.56 Å². The van der Waals surface area contributed by atoms with Crippen LogP contribution < -0.4 is 0 Å². The van der Waals surface area contributed by atoms with E-state index in [1.807, 2.05) is 13.8 Å². The minimum absolute atomic E-state index is 0.392. The van der Waals surface area contributed by atoms with E-state index in [9.17, 15) is 5.11 Å². The first-order valence-electron chi connectivity index (χ1n) is 4.91. The van der Waals surface area contributed by atoms with Crippen molar-refractivity contribution in [3.63, 3.8) is 0 Å². The molecule has 0 fully saturated rings. The third-order valence-corrected chi connectivity index (χ3v) is 2.68. The average Bonchev–Trinajstić information content (AvgIpc) is 2.19. The minimum Gasteiger partial charge on any atom is -0.507 e. The summed E-state index contributed by atoms with van der Waals surface area (Å²) in [6, 6.07) is 2.13. The molecule has 1 rings (SSSR count). The lowest BCUT2D eigenvalue weighted by Crippen LogP contribution is -1.99. The van der Waals surface area contributed by atoms with Crippen LogP contribution in [0.2, 0.25) is 0 Å². The molecule has 0 bridgehead atoms. The molecular weight excluding hydrogens is 176 g/mol. The molecule has 1 N–H and O–H groups in total. The van der Waals surface area contributed by atoms with Gasteiger partial charge < -0.3 is 9.84 Å². The van der Waals surface area contributed by atoms with Crippen LogP contribution in [-0.4, -0.2) is 12.2 Å². The highest BCUT2D eigenvalue weighted by Gasteiger charge is 2.11. The summed E-state index contributed by atoms with van der Waals surface area (Å²) in [6.45, 7) is 6.52. The van der Waals surface area contributed by atoms with E-state index in [1.54, 1.807) is 7.11 Å². The van der Waals surface area contributed by atoms with E-state index >= 15 is 0 Å². The number of aryl methyl sites for hydroxylation is 2. The van der Waals surface area contributed by atoms with Crippen molar-refractivity contribution in [2.45, 2.75) is 33.8 Å². The number of rotatable bonds is 3. The van der Waals surface area contributed by atoms with Gasteiger partial charge in [0.15, 0.2) is 0 Å². The van der Waals surface area contributed by atoms with Gasteiger partial charge in [0.2, 0.25) is 0 Å². The third kappa shape index (κ3) is 1.90. The Balaban J connectivity index is 3.29. The molecule has 0 radical (unpaired) electrons. The summed E-state index contributed by atoms with van der Waals surface area (Å²) in [5.41, 5.74) is 4.19. The van der Waals surface area contributed by atoms with Crippen LogP contribution in [0, 0.1) is 13.8 Å². The molecule has 1 aromatic rings. The lowest BCUT2D eigenvalue weighted by atomic mass is 9.97. The molecule has 0 saturated heterocycles. The van der Waals surface area contributed by atoms with E-state index in [-0.39, 0.29) is 0 Å². The van der Waals surface area contributed by atoms with Crippen molar-refractivity contribution in [2.24, 2.45) is 0 Å². The first-order valence-corrected chi connectivity index (χ1v) is 4.91. The van der Waals surface area contributed by atoms with Crippen LogP contribution in [0.25, 0.3) is 0 Å². The molecule has 2 nitrogen and oxygen atoms in total. The zero-order valence-electron chi connectivity index (χ0n) is 9.35. The van der Waals surface area contributed by atoms with Crippen LogP contribution in [0.3, 0.4) is 0 Å². The number of hydrogen-bond donors (Lipinski definition) is 1. The van der Waals surface area contributed by atoms with Crippen LogP contribution in [0.1, 0.15) is 29.2 Å². The van der Waals surface area contributed by atoms with E-state index in [0.29, 0.717) is 12.4 Å². The summed E-state index contributed by atoms with van der Waals surface area (Å²) in [4.78, 5) is 0. The SMILES string of the molecule is CCc1cc(C)c(C)c(O)c1COC. The maximum Gasteiger partial charge on any atom is 0.124 e. The topological polar surface area (TPSA) is 29.5 Å². The molecule has 1 aromatic carbocycles. The quantitative estimate of drug-likeness (QED) is 0.801. The van der Waals surface area contributed by atoms with E-state index in [0.717, 1.165) is 23.1 Å². The van der Waals surface area contributed by atoms with Crippen molar-refractivity contribution >= 4 is 0 Å². The van der Waals surface area contributed by atoms with Gasteiger partial charge >= 0.3 is 0 Å². The molecule has 0 spiro atoms. The molecule has 78 valence electrons. The predicted molar refractivity (Wildman–Crippen MR) is 57.7 cm³/mol. The molecule has 0 aliphatic heterocycles. The number of ether oxygens (including phenoxy) is 1. The Morgan fingerprint density at radius 3 is 2.50 bits per heavy atom. The standard InChI is InChI=1S/C12H18O2/c1-5-10-6-8(2)9(3)12(13)11(10)7-14-4/h6,13H,5,7H2,1-4H3. The molecule has 0 atom stereocenters. The number of methoxy groups -OCH3 is 1. The summed E-state index contributed by atoms with van der Waals surface area (Å²) < 4.78 is 5.09. The summed E-state index contributed by atoms with van der Waals surface area (Å²) in [5.74, 6) is 0.392. The van der Waals surface area contributed by atoms with Gasteiger partial charge in [-0.05, 0) is 37.0 Å². The Labute approximate surface area is 85.5 Å². The van der Waals surface area contributed by atoms with Gasteiger partial charge in [0.05, 0.1) is 6.61 Å². The van der Waals surface area contributed by atoms with Crippen molar-refractivity contribution < 1.29 is 9.84 Å². The Morgan fingerprint density at radius 1 is 1.36 bits per heavy atom. The highest BCUT2D eigenvalue weighted by atomic mass is 16.5. The predicted octanol–water partition coefficient (Wildman–Crippen LogP) is 2.72. The molecule has 2 heteroatoms. The molecular formula is C12H18O2. The Kier molecular flexibility index (Phi) is 3.53. The summed E-state index contributed by atoms with van der Waals surface area (Å²) in [6.07, 6.45) is 0.924. The van der Waals surface area contributed by atoms with Crippen LogP contribution >= 0.6 is 0 Å². The van der Waals surface area contributed by atoms with E-state index in [4.69, 9.17) is 4.74 Å². The van der Waals surface area contributed by atoms with Gasteiger partial charge in [-0.25, -0.2) is 0 Å². The van der Waals surface area contributed by atoms with Crippen LogP contribution in [-0.2, 0) is 17.8 Å². The first kappa shape index (κ1) is 11.1. The van der Waals surface area contributed by atoms with Crippen molar-refractivity contribution in [1.29, 1.82) is 0 Å². The molecule has 0 amide bonds. The summed E-state index contributed by atoms with van der Waals surface area (Å²) in [7, 11) is 1.65. The summed E-state index contributed by atoms with van der Waals surface area (Å²) >= 11 is 0. The van der Waals surface area contributed by atoms with Crippen LogP contribution in [0.4, 0.5) is 0 Å².